The van der Waals surface area contributed by atoms with E-state index in [0.29, 0.717) is 36.6 Å². The number of ether oxygens (including phenoxy) is 2. The molecule has 3 N–H and O–H groups in total. The summed E-state index contributed by atoms with van der Waals surface area (Å²) < 4.78 is 12.6. The Morgan fingerprint density at radius 1 is 1.09 bits per heavy atom. The summed E-state index contributed by atoms with van der Waals surface area (Å²) >= 11 is 0. The molecule has 0 fully saturated rings. The van der Waals surface area contributed by atoms with E-state index in [2.05, 4.69) is 10.6 Å². The number of hydrogen-bond donors (Lipinski definition) is 3. The van der Waals surface area contributed by atoms with Gasteiger partial charge < -0.3 is 35.0 Å². The van der Waals surface area contributed by atoms with Crippen molar-refractivity contribution >= 4 is 23.5 Å². The third kappa shape index (κ3) is 10.5. The quantitative estimate of drug-likeness (QED) is 0.398. The molecule has 0 unspecified atom stereocenters. The number of likely N-dealkylation sites (N-methyl/N-ethyl adjacent to an activating group) is 1. The number of hydrogen-bond acceptors (Lipinski definition) is 6. The van der Waals surface area contributed by atoms with Crippen LogP contribution in [0.5, 0.6) is 5.75 Å². The molecule has 3 rings (SSSR count). The summed E-state index contributed by atoms with van der Waals surface area (Å²) in [5.41, 5.74) is 1.71. The van der Waals surface area contributed by atoms with Gasteiger partial charge in [-0.25, -0.2) is 4.79 Å². The van der Waals surface area contributed by atoms with Crippen LogP contribution in [0, 0.1) is 5.92 Å². The van der Waals surface area contributed by atoms with Crippen molar-refractivity contribution in [1.82, 2.24) is 15.1 Å². The van der Waals surface area contributed by atoms with Gasteiger partial charge in [-0.1, -0.05) is 37.3 Å². The number of nitrogens with one attached hydrogen (secondary N) is 2. The first kappa shape index (κ1) is 34.9. The van der Waals surface area contributed by atoms with Gasteiger partial charge in [0.2, 0.25) is 5.91 Å². The zero-order valence-corrected chi connectivity index (χ0v) is 27.0. The average Bonchev–Trinajstić information content (AvgIpc) is 2.98. The van der Waals surface area contributed by atoms with E-state index in [-0.39, 0.29) is 55.2 Å². The monoisotopic (exact) mass is 610 g/mol. The SMILES string of the molecule is CC(C)NC(=O)Nc1ccc2c(c1)C(=O)N([C@@H](C)CO)C[C@@H](C)[C@@H](CN(C)C(=O)Cc1ccccc1)OCCCC[C@H](C)O2. The van der Waals surface area contributed by atoms with E-state index in [0.717, 1.165) is 24.8 Å². The molecule has 10 heteroatoms. The molecule has 1 heterocycles. The van der Waals surface area contributed by atoms with Gasteiger partial charge in [0.15, 0.2) is 0 Å². The minimum Gasteiger partial charge on any atom is -0.490 e. The summed E-state index contributed by atoms with van der Waals surface area (Å²) in [6, 6.07) is 13.8. The summed E-state index contributed by atoms with van der Waals surface area (Å²) in [5.74, 6) is -0.0668. The largest absolute Gasteiger partial charge is 0.490 e. The molecule has 4 amide bonds. The number of carbonyl (C=O) groups excluding carboxylic acids is 3. The second-order valence-electron chi connectivity index (χ2n) is 12.2. The van der Waals surface area contributed by atoms with Gasteiger partial charge >= 0.3 is 6.03 Å². The fourth-order valence-corrected chi connectivity index (χ4v) is 5.17. The predicted molar refractivity (Wildman–Crippen MR) is 172 cm³/mol. The minimum absolute atomic E-state index is 0.00973. The van der Waals surface area contributed by atoms with Crippen LogP contribution in [0.3, 0.4) is 0 Å². The normalized spacial score (nSPS) is 20.6. The van der Waals surface area contributed by atoms with Crippen molar-refractivity contribution in [2.75, 3.05) is 38.7 Å². The fourth-order valence-electron chi connectivity index (χ4n) is 5.17. The van der Waals surface area contributed by atoms with E-state index >= 15 is 0 Å². The number of nitrogens with zero attached hydrogens (tertiary/aromatic N) is 2. The van der Waals surface area contributed by atoms with Crippen LogP contribution >= 0.6 is 0 Å². The highest BCUT2D eigenvalue weighted by molar-refractivity contribution is 5.99. The van der Waals surface area contributed by atoms with Gasteiger partial charge in [0.05, 0.1) is 36.8 Å². The molecular weight excluding hydrogens is 560 g/mol. The lowest BCUT2D eigenvalue weighted by molar-refractivity contribution is -0.131. The Morgan fingerprint density at radius 2 is 1.82 bits per heavy atom. The number of rotatable bonds is 8. The van der Waals surface area contributed by atoms with E-state index < -0.39 is 6.04 Å². The van der Waals surface area contributed by atoms with Crippen LogP contribution in [-0.4, -0.2) is 90.4 Å². The lowest BCUT2D eigenvalue weighted by Crippen LogP contribution is -2.48. The van der Waals surface area contributed by atoms with Crippen LogP contribution in [0.25, 0.3) is 0 Å². The van der Waals surface area contributed by atoms with Gasteiger partial charge in [-0.05, 0) is 70.7 Å². The first-order valence-corrected chi connectivity index (χ1v) is 15.7. The van der Waals surface area contributed by atoms with E-state index in [1.54, 1.807) is 42.0 Å². The second-order valence-corrected chi connectivity index (χ2v) is 12.2. The zero-order chi connectivity index (χ0) is 32.2. The third-order valence-corrected chi connectivity index (χ3v) is 7.81. The topological polar surface area (TPSA) is 120 Å². The molecule has 4 atom stereocenters. The van der Waals surface area contributed by atoms with E-state index in [4.69, 9.17) is 9.47 Å². The van der Waals surface area contributed by atoms with Gasteiger partial charge in [0.1, 0.15) is 5.75 Å². The van der Waals surface area contributed by atoms with Crippen LogP contribution in [-0.2, 0) is 16.0 Å². The van der Waals surface area contributed by atoms with E-state index in [1.807, 2.05) is 58.0 Å². The Balaban J connectivity index is 1.89. The highest BCUT2D eigenvalue weighted by atomic mass is 16.5. The summed E-state index contributed by atoms with van der Waals surface area (Å²) in [7, 11) is 1.78. The number of aliphatic hydroxyl groups is 1. The lowest BCUT2D eigenvalue weighted by Gasteiger charge is -2.36. The Kier molecular flexibility index (Phi) is 13.5. The van der Waals surface area contributed by atoms with Gasteiger partial charge in [0.25, 0.3) is 5.91 Å². The van der Waals surface area contributed by atoms with E-state index in [1.165, 1.54) is 0 Å². The summed E-state index contributed by atoms with van der Waals surface area (Å²) in [6.07, 6.45) is 2.27. The molecule has 0 bridgehead atoms. The molecule has 0 radical (unpaired) electrons. The van der Waals surface area contributed by atoms with Gasteiger partial charge in [-0.2, -0.15) is 0 Å². The first-order valence-electron chi connectivity index (χ1n) is 15.7. The van der Waals surface area contributed by atoms with Crippen LogP contribution in [0.15, 0.2) is 48.5 Å². The maximum atomic E-state index is 14.2. The third-order valence-electron chi connectivity index (χ3n) is 7.81. The fraction of sp³-hybridized carbons (Fsp3) is 0.559. The van der Waals surface area contributed by atoms with Crippen molar-refractivity contribution in [2.24, 2.45) is 5.92 Å². The molecule has 0 spiro atoms. The summed E-state index contributed by atoms with van der Waals surface area (Å²) in [6.45, 7) is 10.4. The molecule has 44 heavy (non-hydrogen) atoms. The maximum Gasteiger partial charge on any atom is 0.319 e. The number of aliphatic hydroxyl groups excluding tert-OH is 1. The predicted octanol–water partition coefficient (Wildman–Crippen LogP) is 4.71. The van der Waals surface area contributed by atoms with Crippen LogP contribution in [0.2, 0.25) is 0 Å². The number of anilines is 1. The molecule has 242 valence electrons. The number of carbonyl (C=O) groups is 3. The van der Waals surface area contributed by atoms with Crippen LogP contribution in [0.4, 0.5) is 10.5 Å². The maximum absolute atomic E-state index is 14.2. The minimum atomic E-state index is -0.498. The number of urea groups is 1. The lowest BCUT2D eigenvalue weighted by atomic mass is 10.0. The molecule has 1 aliphatic heterocycles. The molecule has 10 nitrogen and oxygen atoms in total. The van der Waals surface area contributed by atoms with Crippen molar-refractivity contribution < 1.29 is 29.0 Å². The smallest absolute Gasteiger partial charge is 0.319 e. The van der Waals surface area contributed by atoms with Crippen LogP contribution in [0.1, 0.15) is 69.8 Å². The summed E-state index contributed by atoms with van der Waals surface area (Å²) in [5, 5.41) is 15.7. The molecule has 0 saturated heterocycles. The molecular formula is C34H50N4O6. The Labute approximate surface area is 262 Å². The van der Waals surface area contributed by atoms with Crippen molar-refractivity contribution in [1.29, 1.82) is 0 Å². The number of benzene rings is 2. The van der Waals surface area contributed by atoms with Gasteiger partial charge in [-0.3, -0.25) is 9.59 Å². The molecule has 0 aliphatic carbocycles. The zero-order valence-electron chi connectivity index (χ0n) is 27.0. The van der Waals surface area contributed by atoms with Crippen molar-refractivity contribution in [3.8, 4) is 5.75 Å². The van der Waals surface area contributed by atoms with Crippen molar-refractivity contribution in [3.05, 3.63) is 59.7 Å². The van der Waals surface area contributed by atoms with Crippen LogP contribution < -0.4 is 15.4 Å². The van der Waals surface area contributed by atoms with Crippen molar-refractivity contribution in [2.45, 2.75) is 84.6 Å². The highest BCUT2D eigenvalue weighted by Crippen LogP contribution is 2.28. The highest BCUT2D eigenvalue weighted by Gasteiger charge is 2.31. The molecule has 1 aliphatic rings. The standard InChI is InChI=1S/C34H50N4O6/c1-23(2)35-34(42)36-28-15-16-30-29(19-28)33(41)38(25(4)22-39)20-24(3)31(43-17-11-10-12-26(5)44-30)21-37(6)32(40)18-27-13-8-7-9-14-27/h7-9,13-16,19,23-26,31,39H,10-12,17-18,20-22H2,1-6H3,(H2,35,36,42)/t24-,25+,26+,31-/m1/s1. The number of amides is 4. The number of fused-ring (bicyclic) bond motifs is 1. The van der Waals surface area contributed by atoms with E-state index in [9.17, 15) is 19.5 Å². The van der Waals surface area contributed by atoms with Gasteiger partial charge in [-0.15, -0.1) is 0 Å². The molecule has 0 aromatic heterocycles. The average molecular weight is 611 g/mol. The molecule has 0 saturated carbocycles. The van der Waals surface area contributed by atoms with Gasteiger partial charge in [0, 0.05) is 44.4 Å². The Morgan fingerprint density at radius 3 is 2.50 bits per heavy atom. The molecule has 2 aromatic carbocycles. The summed E-state index contributed by atoms with van der Waals surface area (Å²) in [4.78, 5) is 43.0. The second kappa shape index (κ2) is 17.0. The van der Waals surface area contributed by atoms with Crippen molar-refractivity contribution in [3.63, 3.8) is 0 Å². The first-order chi connectivity index (χ1) is 21.0. The Hall–Kier alpha value is -3.63. The molecule has 2 aromatic rings. The Bertz CT molecular complexity index is 1220.